The van der Waals surface area contributed by atoms with Crippen molar-refractivity contribution in [2.75, 3.05) is 6.61 Å². The quantitative estimate of drug-likeness (QED) is 0.333. The molecule has 0 saturated carbocycles. The Balaban J connectivity index is 1.56. The number of benzene rings is 3. The SMILES string of the molecule is CCOc1cc(/C=N\n2cnc3ccccc3c2=O)ccc1OCc1ccc(Cl)cc1Cl. The molecule has 8 heteroatoms. The summed E-state index contributed by atoms with van der Waals surface area (Å²) >= 11 is 12.2. The molecular formula is C24H19Cl2N3O3. The van der Waals surface area contributed by atoms with Crippen molar-refractivity contribution in [1.29, 1.82) is 0 Å². The third kappa shape index (κ3) is 4.93. The van der Waals surface area contributed by atoms with E-state index in [0.29, 0.717) is 39.1 Å². The van der Waals surface area contributed by atoms with Crippen molar-refractivity contribution in [1.82, 2.24) is 9.66 Å². The summed E-state index contributed by atoms with van der Waals surface area (Å²) in [5.74, 6) is 1.13. The maximum absolute atomic E-state index is 12.6. The Morgan fingerprint density at radius 3 is 2.69 bits per heavy atom. The van der Waals surface area contributed by atoms with Gasteiger partial charge in [0.1, 0.15) is 12.9 Å². The molecule has 0 radical (unpaired) electrons. The molecule has 1 aromatic heterocycles. The fourth-order valence-electron chi connectivity index (χ4n) is 3.06. The maximum Gasteiger partial charge on any atom is 0.281 e. The Bertz CT molecular complexity index is 1350. The Morgan fingerprint density at radius 1 is 1.03 bits per heavy atom. The van der Waals surface area contributed by atoms with Crippen molar-refractivity contribution in [3.05, 3.63) is 98.5 Å². The standard InChI is InChI=1S/C24H19Cl2N3O3/c1-2-31-23-11-16(7-10-22(23)32-14-17-8-9-18(25)12-20(17)26)13-28-29-15-27-21-6-4-3-5-19(21)24(29)30/h3-13,15H,2,14H2,1H3/b28-13-. The van der Waals surface area contributed by atoms with Gasteiger partial charge in [-0.3, -0.25) is 4.79 Å². The summed E-state index contributed by atoms with van der Waals surface area (Å²) in [6, 6.07) is 17.8. The predicted octanol–water partition coefficient (Wildman–Crippen LogP) is 5.56. The maximum atomic E-state index is 12.6. The molecule has 6 nitrogen and oxygen atoms in total. The molecular weight excluding hydrogens is 449 g/mol. The van der Waals surface area contributed by atoms with E-state index in [1.807, 2.05) is 25.1 Å². The van der Waals surface area contributed by atoms with E-state index in [4.69, 9.17) is 32.7 Å². The average molecular weight is 468 g/mol. The largest absolute Gasteiger partial charge is 0.490 e. The van der Waals surface area contributed by atoms with Gasteiger partial charge in [-0.05, 0) is 55.0 Å². The fourth-order valence-corrected chi connectivity index (χ4v) is 3.52. The topological polar surface area (TPSA) is 65.7 Å². The average Bonchev–Trinajstić information content (AvgIpc) is 2.79. The van der Waals surface area contributed by atoms with E-state index in [0.717, 1.165) is 11.1 Å². The molecule has 0 bridgehead atoms. The van der Waals surface area contributed by atoms with Crippen molar-refractivity contribution in [2.45, 2.75) is 13.5 Å². The summed E-state index contributed by atoms with van der Waals surface area (Å²) in [7, 11) is 0. The zero-order valence-corrected chi connectivity index (χ0v) is 18.7. The van der Waals surface area contributed by atoms with Gasteiger partial charge in [0, 0.05) is 15.6 Å². The molecule has 0 fully saturated rings. The molecule has 0 unspecified atom stereocenters. The number of halogens is 2. The van der Waals surface area contributed by atoms with E-state index in [2.05, 4.69) is 10.1 Å². The van der Waals surface area contributed by atoms with Gasteiger partial charge in [0.05, 0.1) is 23.7 Å². The molecule has 0 atom stereocenters. The highest BCUT2D eigenvalue weighted by molar-refractivity contribution is 6.35. The van der Waals surface area contributed by atoms with Gasteiger partial charge < -0.3 is 9.47 Å². The van der Waals surface area contributed by atoms with Crippen molar-refractivity contribution in [2.24, 2.45) is 5.10 Å². The van der Waals surface area contributed by atoms with Gasteiger partial charge in [0.2, 0.25) is 0 Å². The normalized spacial score (nSPS) is 11.2. The number of nitrogens with zero attached hydrogens (tertiary/aromatic N) is 3. The molecule has 0 saturated heterocycles. The third-order valence-electron chi connectivity index (χ3n) is 4.65. The van der Waals surface area contributed by atoms with Crippen LogP contribution >= 0.6 is 23.2 Å². The van der Waals surface area contributed by atoms with Crippen LogP contribution in [0.1, 0.15) is 18.1 Å². The monoisotopic (exact) mass is 467 g/mol. The molecule has 0 amide bonds. The molecule has 1 heterocycles. The summed E-state index contributed by atoms with van der Waals surface area (Å²) in [5, 5.41) is 5.87. The first-order valence-electron chi connectivity index (χ1n) is 9.89. The first kappa shape index (κ1) is 21.9. The summed E-state index contributed by atoms with van der Waals surface area (Å²) in [4.78, 5) is 16.9. The minimum Gasteiger partial charge on any atom is -0.490 e. The number of hydrogen-bond donors (Lipinski definition) is 0. The minimum absolute atomic E-state index is 0.239. The lowest BCUT2D eigenvalue weighted by Gasteiger charge is -2.13. The summed E-state index contributed by atoms with van der Waals surface area (Å²) in [5.41, 5.74) is 1.94. The number of rotatable bonds is 7. The van der Waals surface area contributed by atoms with Crippen LogP contribution in [-0.2, 0) is 6.61 Å². The number of fused-ring (bicyclic) bond motifs is 1. The van der Waals surface area contributed by atoms with Gasteiger partial charge in [-0.25, -0.2) is 4.98 Å². The van der Waals surface area contributed by atoms with E-state index < -0.39 is 0 Å². The smallest absolute Gasteiger partial charge is 0.281 e. The van der Waals surface area contributed by atoms with E-state index in [-0.39, 0.29) is 12.2 Å². The van der Waals surface area contributed by atoms with Crippen molar-refractivity contribution < 1.29 is 9.47 Å². The molecule has 0 aliphatic heterocycles. The molecule has 32 heavy (non-hydrogen) atoms. The lowest BCUT2D eigenvalue weighted by molar-refractivity contribution is 0.269. The zero-order chi connectivity index (χ0) is 22.5. The number of ether oxygens (including phenoxy) is 2. The molecule has 0 aliphatic carbocycles. The number of hydrogen-bond acceptors (Lipinski definition) is 5. The summed E-state index contributed by atoms with van der Waals surface area (Å²) < 4.78 is 12.9. The number of para-hydroxylation sites is 1. The van der Waals surface area contributed by atoms with Crippen LogP contribution in [0.2, 0.25) is 10.0 Å². The molecule has 162 valence electrons. The van der Waals surface area contributed by atoms with E-state index >= 15 is 0 Å². The second-order valence-corrected chi connectivity index (χ2v) is 7.66. The summed E-state index contributed by atoms with van der Waals surface area (Å²) in [6.07, 6.45) is 2.97. The first-order chi connectivity index (χ1) is 15.5. The van der Waals surface area contributed by atoms with E-state index in [1.165, 1.54) is 11.0 Å². The van der Waals surface area contributed by atoms with Crippen LogP contribution in [0.3, 0.4) is 0 Å². The van der Waals surface area contributed by atoms with Crippen LogP contribution in [0.5, 0.6) is 11.5 Å². The molecule has 0 N–H and O–H groups in total. The van der Waals surface area contributed by atoms with Crippen LogP contribution < -0.4 is 15.0 Å². The Morgan fingerprint density at radius 2 is 1.88 bits per heavy atom. The van der Waals surface area contributed by atoms with Crippen LogP contribution in [0.15, 0.2) is 76.9 Å². The van der Waals surface area contributed by atoms with Crippen LogP contribution in [0.4, 0.5) is 0 Å². The van der Waals surface area contributed by atoms with Crippen molar-refractivity contribution in [3.8, 4) is 11.5 Å². The molecule has 4 aromatic rings. The molecule has 0 spiro atoms. The fraction of sp³-hybridized carbons (Fsp3) is 0.125. The molecule has 4 rings (SSSR count). The zero-order valence-electron chi connectivity index (χ0n) is 17.2. The molecule has 0 aliphatic rings. The first-order valence-corrected chi connectivity index (χ1v) is 10.6. The predicted molar refractivity (Wildman–Crippen MR) is 127 cm³/mol. The van der Waals surface area contributed by atoms with Gasteiger partial charge in [-0.2, -0.15) is 9.78 Å². The highest BCUT2D eigenvalue weighted by atomic mass is 35.5. The van der Waals surface area contributed by atoms with Gasteiger partial charge in [0.25, 0.3) is 5.56 Å². The summed E-state index contributed by atoms with van der Waals surface area (Å²) in [6.45, 7) is 2.62. The second-order valence-electron chi connectivity index (χ2n) is 6.82. The Hall–Kier alpha value is -3.35. The van der Waals surface area contributed by atoms with Crippen molar-refractivity contribution in [3.63, 3.8) is 0 Å². The highest BCUT2D eigenvalue weighted by Gasteiger charge is 2.09. The van der Waals surface area contributed by atoms with Gasteiger partial charge in [0.15, 0.2) is 11.5 Å². The van der Waals surface area contributed by atoms with E-state index in [1.54, 1.807) is 48.7 Å². The Labute approximate surface area is 194 Å². The van der Waals surface area contributed by atoms with Gasteiger partial charge in [-0.15, -0.1) is 0 Å². The lowest BCUT2D eigenvalue weighted by atomic mass is 10.2. The van der Waals surface area contributed by atoms with Crippen molar-refractivity contribution >= 4 is 40.3 Å². The Kier molecular flexibility index (Phi) is 6.73. The van der Waals surface area contributed by atoms with Gasteiger partial charge in [-0.1, -0.05) is 41.4 Å². The number of aromatic nitrogens is 2. The minimum atomic E-state index is -0.239. The van der Waals surface area contributed by atoms with Crippen LogP contribution in [0.25, 0.3) is 10.9 Å². The van der Waals surface area contributed by atoms with E-state index in [9.17, 15) is 4.79 Å². The third-order valence-corrected chi connectivity index (χ3v) is 5.23. The van der Waals surface area contributed by atoms with Gasteiger partial charge >= 0.3 is 0 Å². The lowest BCUT2D eigenvalue weighted by Crippen LogP contribution is -2.16. The van der Waals surface area contributed by atoms with Crippen LogP contribution in [0, 0.1) is 0 Å². The molecule has 3 aromatic carbocycles. The highest BCUT2D eigenvalue weighted by Crippen LogP contribution is 2.30. The van der Waals surface area contributed by atoms with Crippen LogP contribution in [-0.4, -0.2) is 22.5 Å². The second kappa shape index (κ2) is 9.85.